The van der Waals surface area contributed by atoms with E-state index in [0.717, 1.165) is 0 Å². The third kappa shape index (κ3) is 8.29. The second-order valence-electron chi connectivity index (χ2n) is 6.07. The van der Waals surface area contributed by atoms with E-state index in [0.29, 0.717) is 6.42 Å². The van der Waals surface area contributed by atoms with Gasteiger partial charge in [0.05, 0.1) is 12.5 Å². The van der Waals surface area contributed by atoms with Crippen molar-refractivity contribution in [3.05, 3.63) is 0 Å². The number of aliphatic hydroxyl groups excluding tert-OH is 1. The van der Waals surface area contributed by atoms with Gasteiger partial charge in [-0.3, -0.25) is 14.4 Å². The van der Waals surface area contributed by atoms with E-state index in [2.05, 4.69) is 10.6 Å². The Labute approximate surface area is 125 Å². The molecule has 7 nitrogen and oxygen atoms in total. The van der Waals surface area contributed by atoms with Gasteiger partial charge in [-0.05, 0) is 11.8 Å². The first kappa shape index (κ1) is 19.4. The van der Waals surface area contributed by atoms with Gasteiger partial charge in [-0.1, -0.05) is 27.7 Å². The van der Waals surface area contributed by atoms with E-state index < -0.39 is 35.3 Å². The van der Waals surface area contributed by atoms with Crippen molar-refractivity contribution >= 4 is 17.8 Å². The van der Waals surface area contributed by atoms with Crippen LogP contribution in [-0.2, 0) is 14.4 Å². The third-order valence-electron chi connectivity index (χ3n) is 2.98. The van der Waals surface area contributed by atoms with Crippen molar-refractivity contribution in [3.8, 4) is 0 Å². The Kier molecular flexibility index (Phi) is 7.94. The largest absolute Gasteiger partial charge is 0.481 e. The summed E-state index contributed by atoms with van der Waals surface area (Å²) < 4.78 is 0. The first-order valence-corrected chi connectivity index (χ1v) is 7.04. The molecular formula is C14H26N2O5. The van der Waals surface area contributed by atoms with Gasteiger partial charge in [0.25, 0.3) is 0 Å². The lowest BCUT2D eigenvalue weighted by molar-refractivity contribution is -0.139. The second-order valence-corrected chi connectivity index (χ2v) is 6.07. The fraction of sp³-hybridized carbons (Fsp3) is 0.786. The van der Waals surface area contributed by atoms with Crippen molar-refractivity contribution in [2.45, 2.75) is 59.1 Å². The van der Waals surface area contributed by atoms with Crippen LogP contribution in [0.25, 0.3) is 0 Å². The molecule has 2 atom stereocenters. The highest BCUT2D eigenvalue weighted by atomic mass is 16.4. The Morgan fingerprint density at radius 3 is 2.14 bits per heavy atom. The van der Waals surface area contributed by atoms with Gasteiger partial charge < -0.3 is 20.8 Å². The molecule has 0 heterocycles. The summed E-state index contributed by atoms with van der Waals surface area (Å²) in [6.45, 7) is 7.31. The van der Waals surface area contributed by atoms with Crippen LogP contribution in [0.5, 0.6) is 0 Å². The zero-order valence-corrected chi connectivity index (χ0v) is 13.1. The minimum absolute atomic E-state index is 0.118. The number of carboxylic acid groups (broad SMARTS) is 1. The zero-order chi connectivity index (χ0) is 16.6. The van der Waals surface area contributed by atoms with Crippen LogP contribution in [0.3, 0.4) is 0 Å². The molecule has 0 bridgehead atoms. The Balaban J connectivity index is 4.62. The van der Waals surface area contributed by atoms with Crippen LogP contribution >= 0.6 is 0 Å². The smallest absolute Gasteiger partial charge is 0.303 e. The normalized spacial score (nSPS) is 14.1. The van der Waals surface area contributed by atoms with E-state index in [1.807, 2.05) is 0 Å². The first-order chi connectivity index (χ1) is 9.57. The maximum atomic E-state index is 12.1. The van der Waals surface area contributed by atoms with Gasteiger partial charge in [-0.2, -0.15) is 0 Å². The summed E-state index contributed by atoms with van der Waals surface area (Å²) in [5.74, 6) is -1.94. The minimum atomic E-state index is -1.06. The Morgan fingerprint density at radius 2 is 1.71 bits per heavy atom. The summed E-state index contributed by atoms with van der Waals surface area (Å²) in [7, 11) is 0. The standard InChI is InChI=1S/C14H26N2O5/c1-5-9(17)8-15-13(21)12(14(2,3)4)16-10(18)6-7-11(19)20/h9,12,17H,5-8H2,1-4H3,(H,15,21)(H,16,18)(H,19,20)/t9?,12-/m1/s1. The molecule has 0 radical (unpaired) electrons. The van der Waals surface area contributed by atoms with Crippen molar-refractivity contribution in [2.75, 3.05) is 6.54 Å². The average Bonchev–Trinajstić information content (AvgIpc) is 2.37. The molecule has 7 heteroatoms. The number of hydrogen-bond donors (Lipinski definition) is 4. The maximum Gasteiger partial charge on any atom is 0.303 e. The summed E-state index contributed by atoms with van der Waals surface area (Å²) in [6, 6.07) is -0.789. The molecule has 1 unspecified atom stereocenters. The molecule has 0 rings (SSSR count). The lowest BCUT2D eigenvalue weighted by atomic mass is 9.86. The number of amides is 2. The Hall–Kier alpha value is -1.63. The third-order valence-corrected chi connectivity index (χ3v) is 2.98. The molecule has 0 aliphatic rings. The average molecular weight is 302 g/mol. The van der Waals surface area contributed by atoms with Crippen LogP contribution in [0.15, 0.2) is 0 Å². The number of carbonyl (C=O) groups is 3. The fourth-order valence-electron chi connectivity index (χ4n) is 1.59. The number of nitrogens with one attached hydrogen (secondary N) is 2. The molecule has 4 N–H and O–H groups in total. The van der Waals surface area contributed by atoms with Gasteiger partial charge in [0.15, 0.2) is 0 Å². The van der Waals surface area contributed by atoms with Gasteiger partial charge in [0.1, 0.15) is 6.04 Å². The van der Waals surface area contributed by atoms with Gasteiger partial charge in [-0.25, -0.2) is 0 Å². The first-order valence-electron chi connectivity index (χ1n) is 7.04. The monoisotopic (exact) mass is 302 g/mol. The van der Waals surface area contributed by atoms with Crippen LogP contribution < -0.4 is 10.6 Å². The predicted octanol–water partition coefficient (Wildman–Crippen LogP) is 0.269. The van der Waals surface area contributed by atoms with Crippen LogP contribution in [-0.4, -0.2) is 46.7 Å². The molecule has 0 aliphatic heterocycles. The summed E-state index contributed by atoms with van der Waals surface area (Å²) in [6.07, 6.45) is -0.561. The molecule has 0 aromatic carbocycles. The number of aliphatic carboxylic acids is 1. The summed E-state index contributed by atoms with van der Waals surface area (Å²) in [5.41, 5.74) is -0.528. The predicted molar refractivity (Wildman–Crippen MR) is 77.6 cm³/mol. The SMILES string of the molecule is CCC(O)CNC(=O)[C@@H](NC(=O)CCC(=O)O)C(C)(C)C. The topological polar surface area (TPSA) is 116 Å². The van der Waals surface area contributed by atoms with E-state index in [1.165, 1.54) is 0 Å². The summed E-state index contributed by atoms with van der Waals surface area (Å²) in [5, 5.41) is 23.2. The van der Waals surface area contributed by atoms with E-state index >= 15 is 0 Å². The van der Waals surface area contributed by atoms with E-state index in [4.69, 9.17) is 5.11 Å². The molecule has 0 aromatic heterocycles. The van der Waals surface area contributed by atoms with Crippen LogP contribution in [0.2, 0.25) is 0 Å². The summed E-state index contributed by atoms with van der Waals surface area (Å²) >= 11 is 0. The Morgan fingerprint density at radius 1 is 1.14 bits per heavy atom. The molecule has 2 amide bonds. The number of hydrogen-bond acceptors (Lipinski definition) is 4. The highest BCUT2D eigenvalue weighted by Crippen LogP contribution is 2.19. The number of carboxylic acids is 1. The molecule has 122 valence electrons. The van der Waals surface area contributed by atoms with E-state index in [-0.39, 0.29) is 19.4 Å². The molecule has 0 spiro atoms. The molecular weight excluding hydrogens is 276 g/mol. The molecule has 0 aliphatic carbocycles. The highest BCUT2D eigenvalue weighted by molar-refractivity contribution is 5.89. The van der Waals surface area contributed by atoms with Crippen LogP contribution in [0.1, 0.15) is 47.0 Å². The lowest BCUT2D eigenvalue weighted by Crippen LogP contribution is -2.54. The zero-order valence-electron chi connectivity index (χ0n) is 13.1. The van der Waals surface area contributed by atoms with Crippen molar-refractivity contribution in [3.63, 3.8) is 0 Å². The highest BCUT2D eigenvalue weighted by Gasteiger charge is 2.32. The van der Waals surface area contributed by atoms with Gasteiger partial charge in [0.2, 0.25) is 11.8 Å². The van der Waals surface area contributed by atoms with E-state index in [1.54, 1.807) is 27.7 Å². The van der Waals surface area contributed by atoms with E-state index in [9.17, 15) is 19.5 Å². The molecule has 0 fully saturated rings. The molecule has 0 saturated heterocycles. The van der Waals surface area contributed by atoms with Crippen LogP contribution in [0.4, 0.5) is 0 Å². The molecule has 0 aromatic rings. The maximum absolute atomic E-state index is 12.1. The molecule has 21 heavy (non-hydrogen) atoms. The fourth-order valence-corrected chi connectivity index (χ4v) is 1.59. The lowest BCUT2D eigenvalue weighted by Gasteiger charge is -2.30. The van der Waals surface area contributed by atoms with Gasteiger partial charge in [0, 0.05) is 13.0 Å². The second kappa shape index (κ2) is 8.61. The number of carbonyl (C=O) groups excluding carboxylic acids is 2. The van der Waals surface area contributed by atoms with Crippen molar-refractivity contribution in [1.82, 2.24) is 10.6 Å². The van der Waals surface area contributed by atoms with Gasteiger partial charge in [-0.15, -0.1) is 0 Å². The van der Waals surface area contributed by atoms with Crippen molar-refractivity contribution in [1.29, 1.82) is 0 Å². The summed E-state index contributed by atoms with van der Waals surface area (Å²) in [4.78, 5) is 34.3. The molecule has 0 saturated carbocycles. The minimum Gasteiger partial charge on any atom is -0.481 e. The van der Waals surface area contributed by atoms with Gasteiger partial charge >= 0.3 is 5.97 Å². The number of aliphatic hydroxyl groups is 1. The van der Waals surface area contributed by atoms with Crippen LogP contribution in [0, 0.1) is 5.41 Å². The Bertz CT molecular complexity index is 376. The number of rotatable bonds is 8. The quantitative estimate of drug-likeness (QED) is 0.513. The van der Waals surface area contributed by atoms with Crippen molar-refractivity contribution < 1.29 is 24.6 Å². The van der Waals surface area contributed by atoms with Crippen molar-refractivity contribution in [2.24, 2.45) is 5.41 Å².